The van der Waals surface area contributed by atoms with Crippen molar-refractivity contribution in [3.8, 4) is 5.75 Å². The maximum atomic E-state index is 13.5. The minimum atomic E-state index is -0.980. The van der Waals surface area contributed by atoms with Gasteiger partial charge in [-0.3, -0.25) is 14.4 Å². The van der Waals surface area contributed by atoms with Crippen molar-refractivity contribution in [1.29, 1.82) is 0 Å². The molecule has 2 heterocycles. The summed E-state index contributed by atoms with van der Waals surface area (Å²) in [5.41, 5.74) is 1.10. The highest BCUT2D eigenvalue weighted by Gasteiger charge is 2.35. The summed E-state index contributed by atoms with van der Waals surface area (Å²) < 4.78 is 10.3. The molecule has 10 nitrogen and oxygen atoms in total. The van der Waals surface area contributed by atoms with Crippen LogP contribution in [-0.4, -0.2) is 73.0 Å². The number of H-pyrrole nitrogens is 1. The number of esters is 1. The van der Waals surface area contributed by atoms with Gasteiger partial charge in [-0.25, -0.2) is 4.79 Å². The number of nitrogens with one attached hydrogen (secondary N) is 3. The zero-order valence-electron chi connectivity index (χ0n) is 20.7. The van der Waals surface area contributed by atoms with Crippen LogP contribution in [0.25, 0.3) is 10.9 Å². The molecule has 0 spiro atoms. The Balaban J connectivity index is 1.83. The summed E-state index contributed by atoms with van der Waals surface area (Å²) in [4.78, 5) is 55.9. The molecule has 1 aromatic heterocycles. The molecule has 1 fully saturated rings. The van der Waals surface area contributed by atoms with Crippen LogP contribution in [0.2, 0.25) is 0 Å². The van der Waals surface area contributed by atoms with Crippen molar-refractivity contribution < 1.29 is 28.7 Å². The van der Waals surface area contributed by atoms with Crippen LogP contribution in [-0.2, 0) is 19.1 Å². The number of rotatable bonds is 11. The minimum absolute atomic E-state index is 0.141. The van der Waals surface area contributed by atoms with Crippen molar-refractivity contribution in [2.24, 2.45) is 5.92 Å². The number of aromatic nitrogens is 1. The minimum Gasteiger partial charge on any atom is -0.496 e. The summed E-state index contributed by atoms with van der Waals surface area (Å²) in [5, 5.41) is 6.25. The molecule has 0 bridgehead atoms. The fourth-order valence-corrected chi connectivity index (χ4v) is 4.54. The van der Waals surface area contributed by atoms with Gasteiger partial charge in [-0.1, -0.05) is 19.9 Å². The fourth-order valence-electron chi connectivity index (χ4n) is 4.54. The van der Waals surface area contributed by atoms with Gasteiger partial charge in [0.25, 0.3) is 5.91 Å². The molecule has 3 N–H and O–H groups in total. The lowest BCUT2D eigenvalue weighted by Crippen LogP contribution is -2.54. The number of fused-ring (bicyclic) bond motifs is 1. The van der Waals surface area contributed by atoms with Crippen molar-refractivity contribution in [2.75, 3.05) is 27.3 Å². The predicted molar refractivity (Wildman–Crippen MR) is 130 cm³/mol. The quantitative estimate of drug-likeness (QED) is 0.417. The summed E-state index contributed by atoms with van der Waals surface area (Å²) in [7, 11) is 2.81. The Morgan fingerprint density at radius 2 is 2.00 bits per heavy atom. The van der Waals surface area contributed by atoms with Crippen molar-refractivity contribution in [2.45, 2.75) is 51.6 Å². The normalized spacial score (nSPS) is 16.9. The van der Waals surface area contributed by atoms with Crippen LogP contribution in [0, 0.1) is 5.92 Å². The molecule has 3 rings (SSSR count). The van der Waals surface area contributed by atoms with E-state index in [1.165, 1.54) is 12.0 Å². The standard InChI is InChI=1S/C25H34N4O6/c1-5-12-29(24(32)18-14-16-17(27-18)8-7-9-21(16)34-3)20(6-2)23(31)28-19(25(33)35-4)13-15-10-11-26-22(15)30/h7-9,14-15,19-20,27H,5-6,10-13H2,1-4H3,(H,26,30)(H,28,31)/t15-,19-,20-/m0/s1. The number of carbonyl (C=O) groups is 4. The number of amides is 3. The average Bonchev–Trinajstić information content (AvgIpc) is 3.48. The fraction of sp³-hybridized carbons (Fsp3) is 0.520. The first-order valence-electron chi connectivity index (χ1n) is 12.0. The van der Waals surface area contributed by atoms with Gasteiger partial charge in [0.2, 0.25) is 11.8 Å². The molecule has 35 heavy (non-hydrogen) atoms. The van der Waals surface area contributed by atoms with Gasteiger partial charge in [-0.2, -0.15) is 0 Å². The second-order valence-electron chi connectivity index (χ2n) is 8.62. The van der Waals surface area contributed by atoms with Gasteiger partial charge in [0.15, 0.2) is 0 Å². The van der Waals surface area contributed by atoms with Crippen LogP contribution in [0.15, 0.2) is 24.3 Å². The van der Waals surface area contributed by atoms with Crippen LogP contribution in [0.5, 0.6) is 5.75 Å². The first kappa shape index (κ1) is 26.1. The molecule has 2 aromatic rings. The Morgan fingerprint density at radius 1 is 1.23 bits per heavy atom. The highest BCUT2D eigenvalue weighted by molar-refractivity contribution is 6.01. The molecule has 190 valence electrons. The largest absolute Gasteiger partial charge is 0.496 e. The number of carbonyl (C=O) groups excluding carboxylic acids is 4. The topological polar surface area (TPSA) is 130 Å². The third-order valence-corrected chi connectivity index (χ3v) is 6.35. The second kappa shape index (κ2) is 11.7. The van der Waals surface area contributed by atoms with Crippen molar-refractivity contribution in [1.82, 2.24) is 20.5 Å². The third kappa shape index (κ3) is 5.75. The van der Waals surface area contributed by atoms with E-state index < -0.39 is 24.0 Å². The molecule has 0 radical (unpaired) electrons. The maximum Gasteiger partial charge on any atom is 0.328 e. The summed E-state index contributed by atoms with van der Waals surface area (Å²) in [5.74, 6) is -1.29. The zero-order chi connectivity index (χ0) is 25.5. The number of methoxy groups -OCH3 is 2. The molecule has 1 aliphatic heterocycles. The Labute approximate surface area is 204 Å². The molecule has 1 aromatic carbocycles. The molecule has 0 saturated carbocycles. The van der Waals surface area contributed by atoms with Crippen molar-refractivity contribution in [3.05, 3.63) is 30.0 Å². The van der Waals surface area contributed by atoms with Crippen LogP contribution in [0.3, 0.4) is 0 Å². The summed E-state index contributed by atoms with van der Waals surface area (Å²) in [6.07, 6.45) is 1.72. The van der Waals surface area contributed by atoms with E-state index >= 15 is 0 Å². The first-order valence-corrected chi connectivity index (χ1v) is 12.0. The number of aromatic amines is 1. The molecule has 10 heteroatoms. The first-order chi connectivity index (χ1) is 16.8. The predicted octanol–water partition coefficient (Wildman–Crippen LogP) is 1.99. The lowest BCUT2D eigenvalue weighted by molar-refractivity contribution is -0.146. The van der Waals surface area contributed by atoms with Gasteiger partial charge in [-0.15, -0.1) is 0 Å². The van der Waals surface area contributed by atoms with Crippen LogP contribution in [0.1, 0.15) is 50.0 Å². The third-order valence-electron chi connectivity index (χ3n) is 6.35. The molecule has 3 amide bonds. The number of ether oxygens (including phenoxy) is 2. The molecular weight excluding hydrogens is 452 g/mol. The lowest BCUT2D eigenvalue weighted by Gasteiger charge is -2.31. The van der Waals surface area contributed by atoms with E-state index in [0.717, 1.165) is 10.9 Å². The van der Waals surface area contributed by atoms with Gasteiger partial charge in [-0.05, 0) is 43.9 Å². The number of benzene rings is 1. The molecule has 1 saturated heterocycles. The van der Waals surface area contributed by atoms with Gasteiger partial charge in [0.05, 0.1) is 14.2 Å². The van der Waals surface area contributed by atoms with E-state index in [9.17, 15) is 19.2 Å². The van der Waals surface area contributed by atoms with E-state index in [1.807, 2.05) is 32.0 Å². The smallest absolute Gasteiger partial charge is 0.328 e. The summed E-state index contributed by atoms with van der Waals surface area (Å²) in [6, 6.07) is 5.43. The van der Waals surface area contributed by atoms with E-state index in [1.54, 1.807) is 13.2 Å². The van der Waals surface area contributed by atoms with E-state index in [2.05, 4.69) is 15.6 Å². The zero-order valence-corrected chi connectivity index (χ0v) is 20.7. The SMILES string of the molecule is CCCN(C(=O)c1cc2c(OC)cccc2[nH]1)[C@@H](CC)C(=O)N[C@@H](C[C@@H]1CCNC1=O)C(=O)OC. The van der Waals surface area contributed by atoms with Gasteiger partial charge < -0.3 is 30.0 Å². The monoisotopic (exact) mass is 486 g/mol. The summed E-state index contributed by atoms with van der Waals surface area (Å²) >= 11 is 0. The Morgan fingerprint density at radius 3 is 2.60 bits per heavy atom. The van der Waals surface area contributed by atoms with Gasteiger partial charge in [0.1, 0.15) is 23.5 Å². The lowest BCUT2D eigenvalue weighted by atomic mass is 9.98. The van der Waals surface area contributed by atoms with Crippen LogP contribution in [0.4, 0.5) is 0 Å². The van der Waals surface area contributed by atoms with Gasteiger partial charge >= 0.3 is 5.97 Å². The Hall–Kier alpha value is -3.56. The Bertz CT molecular complexity index is 1080. The maximum absolute atomic E-state index is 13.5. The highest BCUT2D eigenvalue weighted by atomic mass is 16.5. The van der Waals surface area contributed by atoms with E-state index in [-0.39, 0.29) is 24.2 Å². The van der Waals surface area contributed by atoms with E-state index in [0.29, 0.717) is 43.8 Å². The average molecular weight is 487 g/mol. The molecule has 1 aliphatic rings. The van der Waals surface area contributed by atoms with Gasteiger partial charge in [0, 0.05) is 29.9 Å². The van der Waals surface area contributed by atoms with Crippen molar-refractivity contribution >= 4 is 34.6 Å². The van der Waals surface area contributed by atoms with Crippen molar-refractivity contribution in [3.63, 3.8) is 0 Å². The molecular formula is C25H34N4O6. The van der Waals surface area contributed by atoms with Crippen LogP contribution >= 0.6 is 0 Å². The number of hydrogen-bond donors (Lipinski definition) is 3. The second-order valence-corrected chi connectivity index (χ2v) is 8.62. The molecule has 0 aliphatic carbocycles. The molecule has 0 unspecified atom stereocenters. The number of hydrogen-bond acceptors (Lipinski definition) is 6. The summed E-state index contributed by atoms with van der Waals surface area (Å²) in [6.45, 7) is 4.63. The number of nitrogens with zero attached hydrogens (tertiary/aromatic N) is 1. The highest BCUT2D eigenvalue weighted by Crippen LogP contribution is 2.27. The van der Waals surface area contributed by atoms with E-state index in [4.69, 9.17) is 9.47 Å². The molecule has 3 atom stereocenters. The Kier molecular flexibility index (Phi) is 8.73. The van der Waals surface area contributed by atoms with Crippen LogP contribution < -0.4 is 15.4 Å².